The van der Waals surface area contributed by atoms with Crippen molar-refractivity contribution in [3.63, 3.8) is 0 Å². The number of para-hydroxylation sites is 1. The summed E-state index contributed by atoms with van der Waals surface area (Å²) in [6.45, 7) is 0.578. The molecule has 8 nitrogen and oxygen atoms in total. The lowest BCUT2D eigenvalue weighted by Crippen LogP contribution is -2.36. The first-order chi connectivity index (χ1) is 16.0. The number of hydrogen-bond donors (Lipinski definition) is 3. The van der Waals surface area contributed by atoms with Gasteiger partial charge in [-0.3, -0.25) is 14.2 Å². The van der Waals surface area contributed by atoms with Crippen LogP contribution in [0.15, 0.2) is 76.6 Å². The molecule has 0 aliphatic rings. The minimum absolute atomic E-state index is 0.155. The summed E-state index contributed by atoms with van der Waals surface area (Å²) < 4.78 is 2.74. The van der Waals surface area contributed by atoms with Gasteiger partial charge in [-0.15, -0.1) is 0 Å². The molecule has 0 aliphatic carbocycles. The molecule has 0 saturated heterocycles. The van der Waals surface area contributed by atoms with Crippen LogP contribution in [0.4, 0.5) is 0 Å². The molecule has 5 aromatic rings. The van der Waals surface area contributed by atoms with Crippen molar-refractivity contribution in [1.82, 2.24) is 24.4 Å². The molecule has 3 N–H and O–H groups in total. The molecule has 0 aliphatic heterocycles. The highest BCUT2D eigenvalue weighted by Gasteiger charge is 2.19. The fourth-order valence-electron chi connectivity index (χ4n) is 4.23. The number of nitrogens with zero attached hydrogens (tertiary/aromatic N) is 2. The normalized spacial score (nSPS) is 11.3. The third-order valence-electron chi connectivity index (χ3n) is 5.89. The number of aromatic amines is 2. The van der Waals surface area contributed by atoms with Gasteiger partial charge < -0.3 is 19.9 Å². The third kappa shape index (κ3) is 3.76. The molecular weight excluding hydrogens is 418 g/mol. The molecule has 2 aromatic carbocycles. The van der Waals surface area contributed by atoms with Gasteiger partial charge in [0.1, 0.15) is 5.52 Å². The Balaban J connectivity index is 1.39. The van der Waals surface area contributed by atoms with E-state index in [1.54, 1.807) is 17.8 Å². The van der Waals surface area contributed by atoms with E-state index in [4.69, 9.17) is 0 Å². The van der Waals surface area contributed by atoms with E-state index in [0.717, 1.165) is 26.6 Å². The second-order valence-electron chi connectivity index (χ2n) is 8.05. The number of carbonyl (C=O) groups is 1. The van der Waals surface area contributed by atoms with Crippen LogP contribution >= 0.6 is 0 Å². The fraction of sp³-hybridized carbons (Fsp3) is 0.160. The molecule has 0 saturated carbocycles. The first-order valence-electron chi connectivity index (χ1n) is 10.7. The Hall–Kier alpha value is -4.33. The maximum absolute atomic E-state index is 13.1. The van der Waals surface area contributed by atoms with Gasteiger partial charge >= 0.3 is 5.69 Å². The lowest BCUT2D eigenvalue weighted by molar-refractivity contribution is 0.0955. The maximum atomic E-state index is 13.1. The SMILES string of the molecule is Cn1cc(C(=O)NCCc2c[nH]c3ccccc23)c2[nH]c(=O)n(Cc3ccccc3)c(=O)c21. The average Bonchev–Trinajstić information content (AvgIpc) is 3.38. The minimum atomic E-state index is -0.546. The van der Waals surface area contributed by atoms with Crippen LogP contribution in [-0.2, 0) is 20.0 Å². The van der Waals surface area contributed by atoms with E-state index in [9.17, 15) is 14.4 Å². The van der Waals surface area contributed by atoms with Gasteiger partial charge in [-0.1, -0.05) is 48.5 Å². The third-order valence-corrected chi connectivity index (χ3v) is 5.89. The Kier molecular flexibility index (Phi) is 5.18. The maximum Gasteiger partial charge on any atom is 0.329 e. The molecule has 8 heteroatoms. The zero-order valence-electron chi connectivity index (χ0n) is 18.1. The highest BCUT2D eigenvalue weighted by atomic mass is 16.2. The average molecular weight is 441 g/mol. The van der Waals surface area contributed by atoms with Crippen molar-refractivity contribution in [2.45, 2.75) is 13.0 Å². The van der Waals surface area contributed by atoms with Gasteiger partial charge in [-0.05, 0) is 23.6 Å². The Morgan fingerprint density at radius 2 is 1.79 bits per heavy atom. The van der Waals surface area contributed by atoms with Crippen molar-refractivity contribution >= 4 is 27.8 Å². The Bertz CT molecular complexity index is 1590. The van der Waals surface area contributed by atoms with Gasteiger partial charge in [0, 0.05) is 36.9 Å². The van der Waals surface area contributed by atoms with E-state index in [1.165, 1.54) is 0 Å². The molecular formula is C25H23N5O3. The van der Waals surface area contributed by atoms with Crippen LogP contribution in [0, 0.1) is 0 Å². The topological polar surface area (TPSA) is 105 Å². The van der Waals surface area contributed by atoms with Crippen LogP contribution < -0.4 is 16.6 Å². The van der Waals surface area contributed by atoms with E-state index in [0.29, 0.717) is 13.0 Å². The van der Waals surface area contributed by atoms with E-state index >= 15 is 0 Å². The minimum Gasteiger partial charge on any atom is -0.361 e. The lowest BCUT2D eigenvalue weighted by atomic mass is 10.1. The first kappa shape index (κ1) is 20.6. The quantitative estimate of drug-likeness (QED) is 0.377. The summed E-state index contributed by atoms with van der Waals surface area (Å²) in [7, 11) is 1.69. The van der Waals surface area contributed by atoms with Crippen molar-refractivity contribution in [2.75, 3.05) is 6.54 Å². The summed E-state index contributed by atoms with van der Waals surface area (Å²) >= 11 is 0. The molecule has 0 radical (unpaired) electrons. The molecule has 0 fully saturated rings. The largest absolute Gasteiger partial charge is 0.361 e. The Morgan fingerprint density at radius 1 is 1.03 bits per heavy atom. The summed E-state index contributed by atoms with van der Waals surface area (Å²) in [6.07, 6.45) is 4.18. The van der Waals surface area contributed by atoms with E-state index in [-0.39, 0.29) is 29.0 Å². The van der Waals surface area contributed by atoms with Gasteiger partial charge in [0.05, 0.1) is 17.6 Å². The molecule has 0 spiro atoms. The fourth-order valence-corrected chi connectivity index (χ4v) is 4.23. The molecule has 166 valence electrons. The van der Waals surface area contributed by atoms with E-state index in [1.807, 2.05) is 60.8 Å². The van der Waals surface area contributed by atoms with Crippen molar-refractivity contribution < 1.29 is 4.79 Å². The summed E-state index contributed by atoms with van der Waals surface area (Å²) in [6, 6.07) is 17.3. The second kappa shape index (κ2) is 8.31. The number of aryl methyl sites for hydroxylation is 1. The smallest absolute Gasteiger partial charge is 0.329 e. The zero-order chi connectivity index (χ0) is 22.9. The van der Waals surface area contributed by atoms with Crippen molar-refractivity contribution in [3.8, 4) is 0 Å². The van der Waals surface area contributed by atoms with Gasteiger partial charge in [0.2, 0.25) is 0 Å². The van der Waals surface area contributed by atoms with Crippen LogP contribution in [0.3, 0.4) is 0 Å². The number of carbonyl (C=O) groups excluding carboxylic acids is 1. The van der Waals surface area contributed by atoms with Crippen LogP contribution in [0.5, 0.6) is 0 Å². The summed E-state index contributed by atoms with van der Waals surface area (Å²) in [4.78, 5) is 44.7. The number of rotatable bonds is 6. The number of amides is 1. The van der Waals surface area contributed by atoms with Gasteiger partial charge in [-0.25, -0.2) is 4.79 Å². The standard InChI is InChI=1S/C25H23N5O3/c1-29-15-19(23(31)26-12-11-17-13-27-20-10-6-5-9-18(17)20)21-22(29)24(32)30(25(33)28-21)14-16-7-3-2-4-8-16/h2-10,13,15,27H,11-12,14H2,1H3,(H,26,31)(H,28,33). The number of nitrogens with one attached hydrogen (secondary N) is 3. The van der Waals surface area contributed by atoms with E-state index < -0.39 is 11.2 Å². The molecule has 5 rings (SSSR count). The first-order valence-corrected chi connectivity index (χ1v) is 10.7. The van der Waals surface area contributed by atoms with Gasteiger partial charge in [-0.2, -0.15) is 0 Å². The second-order valence-corrected chi connectivity index (χ2v) is 8.05. The molecule has 0 atom stereocenters. The molecule has 3 aromatic heterocycles. The number of H-pyrrole nitrogens is 2. The predicted octanol–water partition coefficient (Wildman–Crippen LogP) is 2.53. The number of benzene rings is 2. The predicted molar refractivity (Wildman–Crippen MR) is 128 cm³/mol. The van der Waals surface area contributed by atoms with Gasteiger partial charge in [0.15, 0.2) is 0 Å². The van der Waals surface area contributed by atoms with Crippen LogP contribution in [-0.4, -0.2) is 31.6 Å². The van der Waals surface area contributed by atoms with E-state index in [2.05, 4.69) is 15.3 Å². The van der Waals surface area contributed by atoms with Crippen molar-refractivity contribution in [3.05, 3.63) is 105 Å². The highest BCUT2D eigenvalue weighted by Crippen LogP contribution is 2.18. The molecule has 33 heavy (non-hydrogen) atoms. The highest BCUT2D eigenvalue weighted by molar-refractivity contribution is 6.05. The van der Waals surface area contributed by atoms with Gasteiger partial charge in [0.25, 0.3) is 11.5 Å². The Labute approximate surface area is 188 Å². The van der Waals surface area contributed by atoms with Crippen LogP contribution in [0.2, 0.25) is 0 Å². The summed E-state index contributed by atoms with van der Waals surface area (Å²) in [5, 5.41) is 4.03. The lowest BCUT2D eigenvalue weighted by Gasteiger charge is -2.07. The summed E-state index contributed by atoms with van der Waals surface area (Å²) in [5.41, 5.74) is 2.83. The zero-order valence-corrected chi connectivity index (χ0v) is 18.1. The molecule has 0 unspecified atom stereocenters. The van der Waals surface area contributed by atoms with Crippen molar-refractivity contribution in [2.24, 2.45) is 7.05 Å². The van der Waals surface area contributed by atoms with Crippen molar-refractivity contribution in [1.29, 1.82) is 0 Å². The molecule has 3 heterocycles. The number of aromatic nitrogens is 4. The number of fused-ring (bicyclic) bond motifs is 2. The monoisotopic (exact) mass is 441 g/mol. The molecule has 0 bridgehead atoms. The number of hydrogen-bond acceptors (Lipinski definition) is 3. The molecule has 1 amide bonds. The van der Waals surface area contributed by atoms with Crippen LogP contribution in [0.1, 0.15) is 21.5 Å². The van der Waals surface area contributed by atoms with Crippen LogP contribution in [0.25, 0.3) is 21.9 Å². The Morgan fingerprint density at radius 3 is 2.61 bits per heavy atom. The summed E-state index contributed by atoms with van der Waals surface area (Å²) in [5.74, 6) is -0.337.